The number of hydrogen-bond donors (Lipinski definition) is 1. The Bertz CT molecular complexity index is 1710. The van der Waals surface area contributed by atoms with E-state index in [2.05, 4.69) is 10.4 Å². The highest BCUT2D eigenvalue weighted by atomic mass is 32.1. The molecule has 0 atom stereocenters. The van der Waals surface area contributed by atoms with Gasteiger partial charge in [0, 0.05) is 30.1 Å². The van der Waals surface area contributed by atoms with Crippen molar-refractivity contribution < 1.29 is 31.8 Å². The van der Waals surface area contributed by atoms with Gasteiger partial charge in [0.25, 0.3) is 0 Å². The van der Waals surface area contributed by atoms with Crippen LogP contribution < -0.4 is 5.32 Å². The molecule has 1 amide bonds. The Morgan fingerprint density at radius 1 is 0.977 bits per heavy atom. The predicted molar refractivity (Wildman–Crippen MR) is 157 cm³/mol. The summed E-state index contributed by atoms with van der Waals surface area (Å²) in [5.41, 5.74) is 3.52. The van der Waals surface area contributed by atoms with Crippen LogP contribution in [-0.2, 0) is 20.4 Å². The van der Waals surface area contributed by atoms with Gasteiger partial charge in [0.1, 0.15) is 12.4 Å². The van der Waals surface area contributed by atoms with Crippen LogP contribution in [0.2, 0.25) is 0 Å². The minimum atomic E-state index is -4.47. The molecule has 2 heterocycles. The van der Waals surface area contributed by atoms with Crippen LogP contribution in [0, 0.1) is 12.7 Å². The molecule has 0 aliphatic heterocycles. The van der Waals surface area contributed by atoms with Gasteiger partial charge < -0.3 is 14.8 Å². The fraction of sp³-hybridized carbons (Fsp3) is 0.194. The lowest BCUT2D eigenvalue weighted by molar-refractivity contribution is -0.137. The van der Waals surface area contributed by atoms with E-state index in [-0.39, 0.29) is 18.3 Å². The number of ether oxygens (including phenoxy) is 2. The molecule has 0 saturated carbocycles. The molecule has 0 unspecified atom stereocenters. The summed E-state index contributed by atoms with van der Waals surface area (Å²) >= 11 is 1.30. The molecule has 0 radical (unpaired) electrons. The van der Waals surface area contributed by atoms with Gasteiger partial charge in [-0.3, -0.25) is 4.79 Å². The summed E-state index contributed by atoms with van der Waals surface area (Å²) in [4.78, 5) is 17.6. The van der Waals surface area contributed by atoms with Gasteiger partial charge in [-0.2, -0.15) is 18.3 Å². The fourth-order valence-corrected chi connectivity index (χ4v) is 5.34. The minimum absolute atomic E-state index is 0.123. The Balaban J connectivity index is 1.48. The number of thiazole rings is 1. The van der Waals surface area contributed by atoms with E-state index in [9.17, 15) is 22.4 Å². The first-order valence-corrected chi connectivity index (χ1v) is 13.9. The number of anilines is 1. The summed E-state index contributed by atoms with van der Waals surface area (Å²) in [7, 11) is 1.54. The van der Waals surface area contributed by atoms with E-state index in [0.29, 0.717) is 51.4 Å². The Morgan fingerprint density at radius 2 is 1.70 bits per heavy atom. The van der Waals surface area contributed by atoms with E-state index in [4.69, 9.17) is 14.5 Å². The summed E-state index contributed by atoms with van der Waals surface area (Å²) in [6.07, 6.45) is -2.72. The fourth-order valence-electron chi connectivity index (χ4n) is 4.32. The van der Waals surface area contributed by atoms with Gasteiger partial charge in [-0.05, 0) is 54.4 Å². The van der Waals surface area contributed by atoms with Crippen LogP contribution in [0.3, 0.4) is 0 Å². The molecule has 5 aromatic rings. The maximum absolute atomic E-state index is 13.9. The monoisotopic (exact) mass is 610 g/mol. The average Bonchev–Trinajstić information content (AvgIpc) is 3.60. The van der Waals surface area contributed by atoms with Crippen LogP contribution in [0.4, 0.5) is 23.2 Å². The molecule has 1 N–H and O–H groups in total. The zero-order valence-corrected chi connectivity index (χ0v) is 23.9. The third kappa shape index (κ3) is 7.16. The van der Waals surface area contributed by atoms with E-state index in [0.717, 1.165) is 23.3 Å². The highest BCUT2D eigenvalue weighted by Crippen LogP contribution is 2.40. The maximum atomic E-state index is 13.9. The molecule has 0 saturated heterocycles. The second-order valence-electron chi connectivity index (χ2n) is 9.50. The number of benzene rings is 3. The number of nitrogens with one attached hydrogen (secondary N) is 1. The first-order chi connectivity index (χ1) is 20.6. The number of aromatic nitrogens is 3. The highest BCUT2D eigenvalue weighted by molar-refractivity contribution is 7.18. The number of alkyl halides is 3. The zero-order valence-electron chi connectivity index (χ0n) is 23.1. The van der Waals surface area contributed by atoms with Gasteiger partial charge in [0.2, 0.25) is 11.0 Å². The summed E-state index contributed by atoms with van der Waals surface area (Å²) in [5, 5.41) is 7.82. The molecule has 0 fully saturated rings. The van der Waals surface area contributed by atoms with Crippen molar-refractivity contribution in [1.29, 1.82) is 0 Å². The molecule has 222 valence electrons. The summed E-state index contributed by atoms with van der Waals surface area (Å²) in [6, 6.07) is 18.0. The summed E-state index contributed by atoms with van der Waals surface area (Å²) in [6.45, 7) is 2.35. The number of hydrogen-bond acceptors (Lipinski definition) is 6. The van der Waals surface area contributed by atoms with Crippen LogP contribution in [0.5, 0.6) is 0 Å². The van der Waals surface area contributed by atoms with Gasteiger partial charge in [0.15, 0.2) is 0 Å². The zero-order chi connectivity index (χ0) is 30.6. The van der Waals surface area contributed by atoms with Crippen molar-refractivity contribution in [2.45, 2.75) is 13.1 Å². The molecular formula is C31H26F4N4O3S. The third-order valence-corrected chi connectivity index (χ3v) is 7.52. The number of halogens is 4. The van der Waals surface area contributed by atoms with E-state index in [1.54, 1.807) is 61.3 Å². The van der Waals surface area contributed by atoms with Crippen molar-refractivity contribution in [3.63, 3.8) is 0 Å². The van der Waals surface area contributed by atoms with E-state index in [1.165, 1.54) is 35.6 Å². The topological polar surface area (TPSA) is 78.3 Å². The van der Waals surface area contributed by atoms with Gasteiger partial charge in [-0.15, -0.1) is 0 Å². The summed E-state index contributed by atoms with van der Waals surface area (Å²) < 4.78 is 65.3. The second kappa shape index (κ2) is 12.9. The molecule has 0 spiro atoms. The Kier molecular flexibility index (Phi) is 9.00. The van der Waals surface area contributed by atoms with Crippen molar-refractivity contribution in [3.8, 4) is 38.0 Å². The first kappa shape index (κ1) is 30.1. The van der Waals surface area contributed by atoms with E-state index in [1.807, 2.05) is 0 Å². The average molecular weight is 611 g/mol. The quantitative estimate of drug-likeness (QED) is 0.132. The molecule has 43 heavy (non-hydrogen) atoms. The van der Waals surface area contributed by atoms with Crippen molar-refractivity contribution in [2.75, 3.05) is 32.2 Å². The van der Waals surface area contributed by atoms with Gasteiger partial charge in [-0.1, -0.05) is 47.7 Å². The maximum Gasteiger partial charge on any atom is 0.416 e. The molecule has 7 nitrogen and oxygen atoms in total. The van der Waals surface area contributed by atoms with E-state index < -0.39 is 11.7 Å². The number of methoxy groups -OCH3 is 1. The lowest BCUT2D eigenvalue weighted by atomic mass is 10.0. The molecule has 0 bridgehead atoms. The second-order valence-corrected chi connectivity index (χ2v) is 10.5. The molecule has 12 heteroatoms. The smallest absolute Gasteiger partial charge is 0.382 e. The van der Waals surface area contributed by atoms with Crippen LogP contribution in [-0.4, -0.2) is 47.6 Å². The van der Waals surface area contributed by atoms with Gasteiger partial charge >= 0.3 is 6.18 Å². The molecule has 3 aromatic carbocycles. The van der Waals surface area contributed by atoms with Gasteiger partial charge in [0.05, 0.1) is 35.0 Å². The molecule has 0 aliphatic rings. The number of nitrogens with zero attached hydrogens (tertiary/aromatic N) is 3. The number of amides is 1. The molecular weight excluding hydrogens is 584 g/mol. The number of rotatable bonds is 10. The number of carbonyl (C=O) groups excluding carboxylic acids is 1. The Labute approximate surface area is 248 Å². The lowest BCUT2D eigenvalue weighted by Crippen LogP contribution is -2.19. The van der Waals surface area contributed by atoms with Crippen molar-refractivity contribution >= 4 is 22.9 Å². The van der Waals surface area contributed by atoms with Crippen molar-refractivity contribution in [1.82, 2.24) is 14.8 Å². The van der Waals surface area contributed by atoms with Crippen LogP contribution in [0.1, 0.15) is 11.3 Å². The molecule has 5 rings (SSSR count). The first-order valence-electron chi connectivity index (χ1n) is 13.1. The number of aryl methyl sites for hydroxylation is 1. The normalized spacial score (nSPS) is 11.6. The molecule has 2 aromatic heterocycles. The highest BCUT2D eigenvalue weighted by Gasteiger charge is 2.30. The SMILES string of the molecule is COCCOCC(=O)Nc1ccc(-c2sc(-n3cc(-c4cccc(F)c4)c(C)n3)nc2-c2ccc(C(F)(F)F)cc2)cc1. The largest absolute Gasteiger partial charge is 0.416 e. The van der Waals surface area contributed by atoms with Crippen LogP contribution in [0.15, 0.2) is 79.0 Å². The molecule has 0 aliphatic carbocycles. The standard InChI is InChI=1S/C31H26F4N4O3S/c1-19-26(22-4-3-5-24(32)16-22)17-39(38-19)30-37-28(20-6-10-23(11-7-20)31(33,34)35)29(43-30)21-8-12-25(13-9-21)36-27(40)18-42-15-14-41-2/h3-13,16-17H,14-15,18H2,1-2H3,(H,36,40). The number of carbonyl (C=O) groups is 1. The van der Waals surface area contributed by atoms with Crippen molar-refractivity contribution in [2.24, 2.45) is 0 Å². The predicted octanol–water partition coefficient (Wildman–Crippen LogP) is 7.40. The van der Waals surface area contributed by atoms with Crippen LogP contribution in [0.25, 0.3) is 38.0 Å². The van der Waals surface area contributed by atoms with Crippen LogP contribution >= 0.6 is 11.3 Å². The third-order valence-electron chi connectivity index (χ3n) is 6.43. The Hall–Kier alpha value is -4.39. The lowest BCUT2D eigenvalue weighted by Gasteiger charge is -2.09. The minimum Gasteiger partial charge on any atom is -0.382 e. The Morgan fingerprint density at radius 3 is 2.37 bits per heavy atom. The summed E-state index contributed by atoms with van der Waals surface area (Å²) in [5.74, 6) is -0.693. The van der Waals surface area contributed by atoms with Crippen molar-refractivity contribution in [3.05, 3.63) is 96.1 Å². The van der Waals surface area contributed by atoms with Gasteiger partial charge in [-0.25, -0.2) is 14.1 Å². The van der Waals surface area contributed by atoms with E-state index >= 15 is 0 Å².